The van der Waals surface area contributed by atoms with Gasteiger partial charge in [0.15, 0.2) is 5.78 Å². The second kappa shape index (κ2) is 7.42. The van der Waals surface area contributed by atoms with Crippen LogP contribution in [-0.4, -0.2) is 32.5 Å². The third-order valence-electron chi connectivity index (χ3n) is 3.27. The first-order chi connectivity index (χ1) is 11.0. The molecule has 0 aliphatic rings. The summed E-state index contributed by atoms with van der Waals surface area (Å²) in [7, 11) is 3.90. The molecule has 0 atom stereocenters. The van der Waals surface area contributed by atoms with Crippen molar-refractivity contribution in [2.75, 3.05) is 36.2 Å². The zero-order valence-corrected chi connectivity index (χ0v) is 13.2. The minimum absolute atomic E-state index is 0.0616. The Bertz CT molecular complexity index is 696. The molecule has 2 aromatic carbocycles. The molecule has 0 saturated heterocycles. The van der Waals surface area contributed by atoms with Gasteiger partial charge in [-0.1, -0.05) is 12.1 Å². The van der Waals surface area contributed by atoms with Crippen LogP contribution in [0.15, 0.2) is 48.5 Å². The summed E-state index contributed by atoms with van der Waals surface area (Å²) in [5.74, 6) is -0.173. The molecule has 0 saturated carbocycles. The Balaban J connectivity index is 2.00. The van der Waals surface area contributed by atoms with Gasteiger partial charge >= 0.3 is 6.03 Å². The van der Waals surface area contributed by atoms with Crippen molar-refractivity contribution in [3.63, 3.8) is 0 Å². The molecule has 6 heteroatoms. The standard InChI is InChI=1S/C17H20N4O2/c1-21(2)15-8-6-13(7-9-15)19-17(23)20-14-5-3-4-12(10-14)16(22)11-18/h3-10H,11,18H2,1-2H3,(H2,19,20,23). The number of nitrogens with zero attached hydrogens (tertiary/aromatic N) is 1. The summed E-state index contributed by atoms with van der Waals surface area (Å²) in [6, 6.07) is 13.8. The number of rotatable bonds is 5. The molecule has 0 aliphatic carbocycles. The Labute approximate surface area is 135 Å². The van der Waals surface area contributed by atoms with Gasteiger partial charge in [-0.2, -0.15) is 0 Å². The molecule has 0 fully saturated rings. The molecule has 0 aromatic heterocycles. The molecular formula is C17H20N4O2. The van der Waals surface area contributed by atoms with E-state index in [1.54, 1.807) is 24.3 Å². The van der Waals surface area contributed by atoms with E-state index in [1.165, 1.54) is 0 Å². The fourth-order valence-electron chi connectivity index (χ4n) is 2.02. The van der Waals surface area contributed by atoms with E-state index in [2.05, 4.69) is 10.6 Å². The number of carbonyl (C=O) groups is 2. The van der Waals surface area contributed by atoms with Crippen LogP contribution >= 0.6 is 0 Å². The summed E-state index contributed by atoms with van der Waals surface area (Å²) in [6.07, 6.45) is 0. The van der Waals surface area contributed by atoms with Gasteiger partial charge in [-0.3, -0.25) is 4.79 Å². The van der Waals surface area contributed by atoms with Gasteiger partial charge in [0.1, 0.15) is 0 Å². The topological polar surface area (TPSA) is 87.5 Å². The molecule has 0 spiro atoms. The van der Waals surface area contributed by atoms with Crippen LogP contribution in [-0.2, 0) is 0 Å². The van der Waals surface area contributed by atoms with Gasteiger partial charge in [0.05, 0.1) is 6.54 Å². The molecule has 2 aromatic rings. The number of nitrogens with one attached hydrogen (secondary N) is 2. The highest BCUT2D eigenvalue weighted by molar-refractivity contribution is 6.02. The lowest BCUT2D eigenvalue weighted by molar-refractivity contribution is 0.100. The first-order valence-corrected chi connectivity index (χ1v) is 7.18. The van der Waals surface area contributed by atoms with Gasteiger partial charge in [0.25, 0.3) is 0 Å². The van der Waals surface area contributed by atoms with Crippen LogP contribution in [0, 0.1) is 0 Å². The largest absolute Gasteiger partial charge is 0.378 e. The van der Waals surface area contributed by atoms with Gasteiger partial charge in [-0.05, 0) is 36.4 Å². The summed E-state index contributed by atoms with van der Waals surface area (Å²) in [6.45, 7) is -0.0616. The van der Waals surface area contributed by atoms with E-state index >= 15 is 0 Å². The monoisotopic (exact) mass is 312 g/mol. The minimum Gasteiger partial charge on any atom is -0.378 e. The second-order valence-electron chi connectivity index (χ2n) is 5.23. The van der Waals surface area contributed by atoms with Crippen molar-refractivity contribution >= 4 is 28.9 Å². The maximum absolute atomic E-state index is 12.0. The maximum Gasteiger partial charge on any atom is 0.323 e. The lowest BCUT2D eigenvalue weighted by atomic mass is 10.1. The molecule has 0 unspecified atom stereocenters. The smallest absolute Gasteiger partial charge is 0.323 e. The highest BCUT2D eigenvalue weighted by atomic mass is 16.2. The average Bonchev–Trinajstić information content (AvgIpc) is 2.54. The molecule has 23 heavy (non-hydrogen) atoms. The first kappa shape index (κ1) is 16.5. The third kappa shape index (κ3) is 4.55. The molecule has 2 rings (SSSR count). The Kier molecular flexibility index (Phi) is 5.32. The van der Waals surface area contributed by atoms with E-state index in [0.29, 0.717) is 16.9 Å². The van der Waals surface area contributed by atoms with Crippen LogP contribution in [0.2, 0.25) is 0 Å². The molecule has 4 N–H and O–H groups in total. The highest BCUT2D eigenvalue weighted by Gasteiger charge is 2.07. The van der Waals surface area contributed by atoms with E-state index in [4.69, 9.17) is 5.73 Å². The van der Waals surface area contributed by atoms with Crippen LogP contribution in [0.3, 0.4) is 0 Å². The number of urea groups is 1. The average molecular weight is 312 g/mol. The van der Waals surface area contributed by atoms with E-state index < -0.39 is 0 Å². The summed E-state index contributed by atoms with van der Waals surface area (Å²) >= 11 is 0. The fraction of sp³-hybridized carbons (Fsp3) is 0.176. The van der Waals surface area contributed by atoms with Crippen LogP contribution in [0.1, 0.15) is 10.4 Å². The first-order valence-electron chi connectivity index (χ1n) is 7.18. The molecule has 120 valence electrons. The number of anilines is 3. The number of benzene rings is 2. The molecule has 0 aliphatic heterocycles. The highest BCUT2D eigenvalue weighted by Crippen LogP contribution is 2.16. The summed E-state index contributed by atoms with van der Waals surface area (Å²) in [5, 5.41) is 5.43. The van der Waals surface area contributed by atoms with Crippen molar-refractivity contribution in [1.82, 2.24) is 0 Å². The van der Waals surface area contributed by atoms with Crippen molar-refractivity contribution < 1.29 is 9.59 Å². The van der Waals surface area contributed by atoms with Crippen LogP contribution in [0.5, 0.6) is 0 Å². The summed E-state index contributed by atoms with van der Waals surface area (Å²) in [5.41, 5.74) is 8.07. The minimum atomic E-state index is -0.375. The number of Topliss-reactive ketones (excluding diaryl/α,β-unsaturated/α-hetero) is 1. The number of carbonyl (C=O) groups excluding carboxylic acids is 2. The van der Waals surface area contributed by atoms with E-state index in [1.807, 2.05) is 43.3 Å². The quantitative estimate of drug-likeness (QED) is 0.740. The maximum atomic E-state index is 12.0. The van der Waals surface area contributed by atoms with Crippen molar-refractivity contribution in [2.24, 2.45) is 5.73 Å². The number of nitrogens with two attached hydrogens (primary N) is 1. The Hall–Kier alpha value is -2.86. The number of amides is 2. The molecule has 2 amide bonds. The predicted molar refractivity (Wildman–Crippen MR) is 93.2 cm³/mol. The second-order valence-corrected chi connectivity index (χ2v) is 5.23. The number of hydrogen-bond acceptors (Lipinski definition) is 4. The molecule has 6 nitrogen and oxygen atoms in total. The van der Waals surface area contributed by atoms with Gasteiger partial charge in [-0.15, -0.1) is 0 Å². The zero-order valence-electron chi connectivity index (χ0n) is 13.2. The van der Waals surface area contributed by atoms with Crippen molar-refractivity contribution in [2.45, 2.75) is 0 Å². The lowest BCUT2D eigenvalue weighted by Gasteiger charge is -2.13. The van der Waals surface area contributed by atoms with Crippen LogP contribution < -0.4 is 21.3 Å². The molecule has 0 bridgehead atoms. The van der Waals surface area contributed by atoms with Gasteiger partial charge < -0.3 is 21.3 Å². The van der Waals surface area contributed by atoms with Crippen molar-refractivity contribution in [3.8, 4) is 0 Å². The SMILES string of the molecule is CN(C)c1ccc(NC(=O)Nc2cccc(C(=O)CN)c2)cc1. The van der Waals surface area contributed by atoms with Crippen molar-refractivity contribution in [1.29, 1.82) is 0 Å². The van der Waals surface area contributed by atoms with Crippen LogP contribution in [0.25, 0.3) is 0 Å². The van der Waals surface area contributed by atoms with Gasteiger partial charge in [0, 0.05) is 36.7 Å². The predicted octanol–water partition coefficient (Wildman–Crippen LogP) is 2.54. The lowest BCUT2D eigenvalue weighted by Crippen LogP contribution is -2.20. The number of hydrogen-bond donors (Lipinski definition) is 3. The van der Waals surface area contributed by atoms with E-state index in [9.17, 15) is 9.59 Å². The molecule has 0 heterocycles. The van der Waals surface area contributed by atoms with Gasteiger partial charge in [-0.25, -0.2) is 4.79 Å². The Morgan fingerprint density at radius 2 is 1.65 bits per heavy atom. The molecular weight excluding hydrogens is 292 g/mol. The third-order valence-corrected chi connectivity index (χ3v) is 3.27. The normalized spacial score (nSPS) is 10.0. The van der Waals surface area contributed by atoms with Crippen molar-refractivity contribution in [3.05, 3.63) is 54.1 Å². The zero-order chi connectivity index (χ0) is 16.8. The van der Waals surface area contributed by atoms with E-state index in [0.717, 1.165) is 5.69 Å². The molecule has 0 radical (unpaired) electrons. The van der Waals surface area contributed by atoms with E-state index in [-0.39, 0.29) is 18.4 Å². The fourth-order valence-corrected chi connectivity index (χ4v) is 2.02. The summed E-state index contributed by atoms with van der Waals surface area (Å²) in [4.78, 5) is 25.6. The van der Waals surface area contributed by atoms with Gasteiger partial charge in [0.2, 0.25) is 0 Å². The summed E-state index contributed by atoms with van der Waals surface area (Å²) < 4.78 is 0. The number of ketones is 1. The Morgan fingerprint density at radius 3 is 2.26 bits per heavy atom. The Morgan fingerprint density at radius 1 is 1.00 bits per heavy atom. The van der Waals surface area contributed by atoms with Crippen LogP contribution in [0.4, 0.5) is 21.9 Å².